The number of para-hydroxylation sites is 1. The Hall–Kier alpha value is -0.763. The predicted molar refractivity (Wildman–Crippen MR) is 78.4 cm³/mol. The first-order valence-electron chi connectivity index (χ1n) is 7.04. The van der Waals surface area contributed by atoms with Crippen molar-refractivity contribution in [2.75, 3.05) is 0 Å². The number of rotatable bonds is 8. The minimum atomic E-state index is -0.670. The molecule has 1 unspecified atom stereocenters. The Labute approximate surface area is 107 Å². The van der Waals surface area contributed by atoms with Crippen molar-refractivity contribution in [3.05, 3.63) is 29.8 Å². The smallest absolute Gasteiger partial charge is 0.118 e. The minimum Gasteiger partial charge on any atom is -0.508 e. The molecule has 0 aliphatic rings. The van der Waals surface area contributed by atoms with Gasteiger partial charge in [-0.1, -0.05) is 69.8 Å². The van der Waals surface area contributed by atoms with Crippen LogP contribution in [0.15, 0.2) is 24.3 Å². The lowest BCUT2D eigenvalue weighted by molar-refractivity contribution is 0.470. The topological polar surface area (TPSA) is 20.2 Å². The zero-order chi connectivity index (χ0) is 12.5. The molecule has 0 heterocycles. The molecular formula is C15H26OSi. The first kappa shape index (κ1) is 14.3. The summed E-state index contributed by atoms with van der Waals surface area (Å²) in [5, 5.41) is 9.79. The van der Waals surface area contributed by atoms with Gasteiger partial charge in [0, 0.05) is 8.80 Å². The van der Waals surface area contributed by atoms with Crippen LogP contribution in [0.1, 0.15) is 45.1 Å². The molecule has 1 rings (SSSR count). The van der Waals surface area contributed by atoms with E-state index in [0.717, 1.165) is 6.04 Å². The number of hydrogen-bond donors (Lipinski definition) is 1. The first-order valence-corrected chi connectivity index (χ1v) is 9.49. The molecule has 0 bridgehead atoms. The van der Waals surface area contributed by atoms with Crippen molar-refractivity contribution >= 4 is 8.80 Å². The summed E-state index contributed by atoms with van der Waals surface area (Å²) in [6.45, 7) is 4.58. The summed E-state index contributed by atoms with van der Waals surface area (Å²) in [5.41, 5.74) is 1.17. The van der Waals surface area contributed by atoms with E-state index < -0.39 is 8.80 Å². The van der Waals surface area contributed by atoms with Gasteiger partial charge in [0.1, 0.15) is 5.75 Å². The molecule has 1 N–H and O–H groups in total. The van der Waals surface area contributed by atoms with Crippen LogP contribution in [0.25, 0.3) is 0 Å². The van der Waals surface area contributed by atoms with Crippen LogP contribution in [-0.2, 0) is 6.04 Å². The fourth-order valence-corrected chi connectivity index (χ4v) is 5.04. The summed E-state index contributed by atoms with van der Waals surface area (Å²) in [5.74, 6) is 0.493. The van der Waals surface area contributed by atoms with Gasteiger partial charge in [0.25, 0.3) is 0 Å². The summed E-state index contributed by atoms with van der Waals surface area (Å²) in [7, 11) is -0.670. The highest BCUT2D eigenvalue weighted by Gasteiger charge is 2.11. The van der Waals surface area contributed by atoms with E-state index in [1.165, 1.54) is 43.3 Å². The molecule has 0 aromatic heterocycles. The Morgan fingerprint density at radius 2 is 1.82 bits per heavy atom. The van der Waals surface area contributed by atoms with E-state index in [0.29, 0.717) is 5.75 Å². The SMILES string of the molecule is CCCCCC[SiH](CC)Cc1ccccc1O. The molecule has 0 amide bonds. The van der Waals surface area contributed by atoms with Gasteiger partial charge in [-0.15, -0.1) is 0 Å². The number of phenols is 1. The van der Waals surface area contributed by atoms with Crippen molar-refractivity contribution in [1.82, 2.24) is 0 Å². The Bertz CT molecular complexity index is 312. The maximum atomic E-state index is 9.79. The van der Waals surface area contributed by atoms with Gasteiger partial charge in [0.2, 0.25) is 0 Å². The monoisotopic (exact) mass is 250 g/mol. The van der Waals surface area contributed by atoms with E-state index in [-0.39, 0.29) is 0 Å². The minimum absolute atomic E-state index is 0.493. The zero-order valence-electron chi connectivity index (χ0n) is 11.3. The van der Waals surface area contributed by atoms with Crippen molar-refractivity contribution in [2.45, 2.75) is 57.7 Å². The van der Waals surface area contributed by atoms with Crippen molar-refractivity contribution in [2.24, 2.45) is 0 Å². The number of benzene rings is 1. The summed E-state index contributed by atoms with van der Waals surface area (Å²) in [4.78, 5) is 0. The summed E-state index contributed by atoms with van der Waals surface area (Å²) >= 11 is 0. The molecule has 1 aromatic carbocycles. The molecule has 17 heavy (non-hydrogen) atoms. The Balaban J connectivity index is 2.38. The summed E-state index contributed by atoms with van der Waals surface area (Å²) < 4.78 is 0. The van der Waals surface area contributed by atoms with Gasteiger partial charge in [0.15, 0.2) is 0 Å². The number of aromatic hydroxyl groups is 1. The molecular weight excluding hydrogens is 224 g/mol. The van der Waals surface area contributed by atoms with Crippen LogP contribution in [-0.4, -0.2) is 13.9 Å². The molecule has 1 nitrogen and oxygen atoms in total. The van der Waals surface area contributed by atoms with Crippen LogP contribution >= 0.6 is 0 Å². The lowest BCUT2D eigenvalue weighted by atomic mass is 10.2. The van der Waals surface area contributed by atoms with E-state index >= 15 is 0 Å². The largest absolute Gasteiger partial charge is 0.508 e. The second-order valence-electron chi connectivity index (χ2n) is 4.96. The second kappa shape index (κ2) is 8.35. The van der Waals surface area contributed by atoms with Crippen LogP contribution < -0.4 is 0 Å². The molecule has 2 heteroatoms. The molecule has 1 atom stereocenters. The second-order valence-corrected chi connectivity index (χ2v) is 8.49. The lowest BCUT2D eigenvalue weighted by Crippen LogP contribution is -2.15. The van der Waals surface area contributed by atoms with Crippen LogP contribution in [0.3, 0.4) is 0 Å². The van der Waals surface area contributed by atoms with Gasteiger partial charge in [-0.05, 0) is 17.7 Å². The van der Waals surface area contributed by atoms with Crippen LogP contribution in [0.5, 0.6) is 5.75 Å². The fourth-order valence-electron chi connectivity index (χ4n) is 2.30. The molecule has 1 aromatic rings. The lowest BCUT2D eigenvalue weighted by Gasteiger charge is -2.14. The molecule has 0 spiro atoms. The van der Waals surface area contributed by atoms with Crippen molar-refractivity contribution in [3.63, 3.8) is 0 Å². The van der Waals surface area contributed by atoms with E-state index in [4.69, 9.17) is 0 Å². The first-order chi connectivity index (χ1) is 8.27. The van der Waals surface area contributed by atoms with Crippen molar-refractivity contribution < 1.29 is 5.11 Å². The fraction of sp³-hybridized carbons (Fsp3) is 0.600. The van der Waals surface area contributed by atoms with Gasteiger partial charge in [0.05, 0.1) is 0 Å². The average Bonchev–Trinajstić information content (AvgIpc) is 2.35. The maximum absolute atomic E-state index is 9.79. The van der Waals surface area contributed by atoms with Gasteiger partial charge < -0.3 is 5.11 Å². The molecule has 0 saturated carbocycles. The highest BCUT2D eigenvalue weighted by atomic mass is 28.3. The third-order valence-corrected chi connectivity index (χ3v) is 6.94. The van der Waals surface area contributed by atoms with Gasteiger partial charge in [-0.2, -0.15) is 0 Å². The average molecular weight is 250 g/mol. The number of phenolic OH excluding ortho intramolecular Hbond substituents is 1. The van der Waals surface area contributed by atoms with Gasteiger partial charge in [-0.3, -0.25) is 0 Å². The number of hydrogen-bond acceptors (Lipinski definition) is 1. The van der Waals surface area contributed by atoms with E-state index in [1.807, 2.05) is 18.2 Å². The van der Waals surface area contributed by atoms with E-state index in [2.05, 4.69) is 19.9 Å². The maximum Gasteiger partial charge on any atom is 0.118 e. The van der Waals surface area contributed by atoms with Gasteiger partial charge >= 0.3 is 0 Å². The molecule has 0 radical (unpaired) electrons. The normalized spacial score (nSPS) is 12.6. The third kappa shape index (κ3) is 5.40. The quantitative estimate of drug-likeness (QED) is 0.539. The van der Waals surface area contributed by atoms with Crippen molar-refractivity contribution in [1.29, 1.82) is 0 Å². The zero-order valence-corrected chi connectivity index (χ0v) is 12.4. The standard InChI is InChI=1S/C15H26OSi/c1-3-5-6-9-12-17(4-2)13-14-10-7-8-11-15(14)16/h7-8,10-11,16-17H,3-6,9,12-13H2,1-2H3. The van der Waals surface area contributed by atoms with Crippen LogP contribution in [0, 0.1) is 0 Å². The summed E-state index contributed by atoms with van der Waals surface area (Å²) in [6, 6.07) is 11.8. The Morgan fingerprint density at radius 1 is 1.06 bits per heavy atom. The molecule has 0 fully saturated rings. The van der Waals surface area contributed by atoms with Crippen LogP contribution in [0.2, 0.25) is 12.1 Å². The highest BCUT2D eigenvalue weighted by molar-refractivity contribution is 6.58. The van der Waals surface area contributed by atoms with E-state index in [9.17, 15) is 5.11 Å². The Morgan fingerprint density at radius 3 is 2.47 bits per heavy atom. The van der Waals surface area contributed by atoms with Crippen molar-refractivity contribution in [3.8, 4) is 5.75 Å². The Kier molecular flexibility index (Phi) is 7.02. The predicted octanol–water partition coefficient (Wildman–Crippen LogP) is 4.30. The molecule has 0 aliphatic carbocycles. The summed E-state index contributed by atoms with van der Waals surface area (Å²) in [6.07, 6.45) is 5.48. The number of unbranched alkanes of at least 4 members (excludes halogenated alkanes) is 3. The molecule has 0 saturated heterocycles. The highest BCUT2D eigenvalue weighted by Crippen LogP contribution is 2.20. The molecule has 0 aliphatic heterocycles. The van der Waals surface area contributed by atoms with Gasteiger partial charge in [-0.25, -0.2) is 0 Å². The molecule has 96 valence electrons. The third-order valence-electron chi connectivity index (χ3n) is 3.54. The van der Waals surface area contributed by atoms with Crippen LogP contribution in [0.4, 0.5) is 0 Å². The van der Waals surface area contributed by atoms with E-state index in [1.54, 1.807) is 0 Å².